The minimum absolute atomic E-state index is 0.0793. The van der Waals surface area contributed by atoms with Crippen LogP contribution in [-0.2, 0) is 7.05 Å². The molecule has 0 spiro atoms. The van der Waals surface area contributed by atoms with Crippen molar-refractivity contribution in [1.29, 1.82) is 0 Å². The molecule has 5 nitrogen and oxygen atoms in total. The summed E-state index contributed by atoms with van der Waals surface area (Å²) >= 11 is 3.61. The minimum atomic E-state index is -0.0793. The van der Waals surface area contributed by atoms with Crippen LogP contribution in [0.4, 0.5) is 0 Å². The van der Waals surface area contributed by atoms with E-state index in [9.17, 15) is 4.79 Å². The maximum absolute atomic E-state index is 12.7. The highest BCUT2D eigenvalue weighted by molar-refractivity contribution is 9.09. The SMILES string of the molecule is Cc1cc(C(C)Br)c2nc(-c3ccc4nn(C)cc4c3)cc(=O)n2c1. The van der Waals surface area contributed by atoms with Crippen LogP contribution < -0.4 is 5.56 Å². The van der Waals surface area contributed by atoms with Crippen LogP contribution in [0.3, 0.4) is 0 Å². The first-order chi connectivity index (χ1) is 11.9. The average molecular weight is 397 g/mol. The Morgan fingerprint density at radius 1 is 1.16 bits per heavy atom. The third-order valence-electron chi connectivity index (χ3n) is 4.27. The van der Waals surface area contributed by atoms with E-state index in [1.165, 1.54) is 0 Å². The van der Waals surface area contributed by atoms with E-state index in [0.29, 0.717) is 11.3 Å². The standard InChI is InChI=1S/C19H17BrN4O/c1-11-6-15(12(2)20)19-21-17(8-18(25)24(19)9-11)13-4-5-16-14(7-13)10-23(3)22-16/h4-10,12H,1-3H3. The van der Waals surface area contributed by atoms with Crippen molar-refractivity contribution in [3.63, 3.8) is 0 Å². The average Bonchev–Trinajstić information content (AvgIpc) is 2.93. The van der Waals surface area contributed by atoms with Crippen LogP contribution in [0.5, 0.6) is 0 Å². The predicted molar refractivity (Wildman–Crippen MR) is 103 cm³/mol. The fourth-order valence-electron chi connectivity index (χ4n) is 3.12. The zero-order chi connectivity index (χ0) is 17.7. The Balaban J connectivity index is 1.99. The van der Waals surface area contributed by atoms with Crippen LogP contribution in [0.1, 0.15) is 22.9 Å². The highest BCUT2D eigenvalue weighted by Crippen LogP contribution is 2.27. The number of aromatic nitrogens is 4. The maximum Gasteiger partial charge on any atom is 0.258 e. The molecule has 0 aliphatic heterocycles. The molecule has 0 radical (unpaired) electrons. The van der Waals surface area contributed by atoms with Crippen molar-refractivity contribution in [2.75, 3.05) is 0 Å². The molecule has 4 aromatic rings. The van der Waals surface area contributed by atoms with E-state index in [1.807, 2.05) is 51.5 Å². The number of hydrogen-bond acceptors (Lipinski definition) is 3. The van der Waals surface area contributed by atoms with Gasteiger partial charge in [-0.3, -0.25) is 13.9 Å². The Morgan fingerprint density at radius 3 is 2.72 bits per heavy atom. The summed E-state index contributed by atoms with van der Waals surface area (Å²) in [6.07, 6.45) is 3.79. The number of nitrogens with zero attached hydrogens (tertiary/aromatic N) is 4. The number of aryl methyl sites for hydroxylation is 2. The summed E-state index contributed by atoms with van der Waals surface area (Å²) in [6.45, 7) is 4.02. The molecule has 0 aliphatic rings. The van der Waals surface area contributed by atoms with Gasteiger partial charge in [-0.15, -0.1) is 0 Å². The zero-order valence-electron chi connectivity index (χ0n) is 14.2. The Morgan fingerprint density at radius 2 is 1.96 bits per heavy atom. The van der Waals surface area contributed by atoms with Crippen LogP contribution in [0, 0.1) is 6.92 Å². The van der Waals surface area contributed by atoms with Gasteiger partial charge in [-0.25, -0.2) is 4.98 Å². The number of halogens is 1. The molecule has 3 aromatic heterocycles. The Hall–Kier alpha value is -2.47. The molecule has 0 saturated carbocycles. The molecule has 1 unspecified atom stereocenters. The number of benzene rings is 1. The van der Waals surface area contributed by atoms with E-state index in [0.717, 1.165) is 27.6 Å². The molecule has 126 valence electrons. The van der Waals surface area contributed by atoms with E-state index in [4.69, 9.17) is 4.98 Å². The summed E-state index contributed by atoms with van der Waals surface area (Å²) in [7, 11) is 1.90. The van der Waals surface area contributed by atoms with Gasteiger partial charge in [-0.2, -0.15) is 5.10 Å². The number of fused-ring (bicyclic) bond motifs is 2. The quantitative estimate of drug-likeness (QED) is 0.481. The normalized spacial score (nSPS) is 12.8. The van der Waals surface area contributed by atoms with Crippen molar-refractivity contribution in [2.24, 2.45) is 7.05 Å². The molecule has 0 aliphatic carbocycles. The van der Waals surface area contributed by atoms with Crippen LogP contribution >= 0.6 is 15.9 Å². The first kappa shape index (κ1) is 16.0. The number of pyridine rings is 1. The molecule has 6 heteroatoms. The van der Waals surface area contributed by atoms with Gasteiger partial charge >= 0.3 is 0 Å². The zero-order valence-corrected chi connectivity index (χ0v) is 15.8. The van der Waals surface area contributed by atoms with Crippen LogP contribution in [0.2, 0.25) is 0 Å². The van der Waals surface area contributed by atoms with E-state index in [1.54, 1.807) is 15.1 Å². The molecule has 0 saturated heterocycles. The molecule has 0 N–H and O–H groups in total. The third-order valence-corrected chi connectivity index (χ3v) is 4.76. The van der Waals surface area contributed by atoms with Gasteiger partial charge in [-0.1, -0.05) is 22.0 Å². The second kappa shape index (κ2) is 5.81. The largest absolute Gasteiger partial charge is 0.275 e. The lowest BCUT2D eigenvalue weighted by Gasteiger charge is -2.12. The van der Waals surface area contributed by atoms with Gasteiger partial charge in [0.25, 0.3) is 5.56 Å². The predicted octanol–water partition coefficient (Wildman–Crippen LogP) is 4.01. The number of rotatable bonds is 2. The molecule has 4 rings (SSSR count). The van der Waals surface area contributed by atoms with Gasteiger partial charge in [0.2, 0.25) is 0 Å². The smallest absolute Gasteiger partial charge is 0.258 e. The maximum atomic E-state index is 12.7. The van der Waals surface area contributed by atoms with Gasteiger partial charge in [0.05, 0.1) is 11.2 Å². The number of hydrogen-bond donors (Lipinski definition) is 0. The van der Waals surface area contributed by atoms with Gasteiger partial charge in [0.15, 0.2) is 0 Å². The second-order valence-electron chi connectivity index (χ2n) is 6.34. The molecule has 0 fully saturated rings. The first-order valence-corrected chi connectivity index (χ1v) is 8.96. The van der Waals surface area contributed by atoms with E-state index >= 15 is 0 Å². The first-order valence-electron chi connectivity index (χ1n) is 8.04. The lowest BCUT2D eigenvalue weighted by molar-refractivity contribution is 0.780. The highest BCUT2D eigenvalue weighted by Gasteiger charge is 2.13. The second-order valence-corrected chi connectivity index (χ2v) is 7.71. The van der Waals surface area contributed by atoms with Crippen molar-refractivity contribution in [3.8, 4) is 11.3 Å². The lowest BCUT2D eigenvalue weighted by atomic mass is 10.1. The topological polar surface area (TPSA) is 52.2 Å². The highest BCUT2D eigenvalue weighted by atomic mass is 79.9. The number of alkyl halides is 1. The van der Waals surface area contributed by atoms with Crippen molar-refractivity contribution in [1.82, 2.24) is 19.2 Å². The van der Waals surface area contributed by atoms with Crippen molar-refractivity contribution in [3.05, 3.63) is 64.2 Å². The Kier molecular flexibility index (Phi) is 3.72. The van der Waals surface area contributed by atoms with Gasteiger partial charge in [0, 0.05) is 46.8 Å². The Labute approximate surface area is 153 Å². The van der Waals surface area contributed by atoms with Crippen LogP contribution in [0.25, 0.3) is 27.8 Å². The summed E-state index contributed by atoms with van der Waals surface area (Å²) in [5.41, 5.74) is 5.15. The van der Waals surface area contributed by atoms with Gasteiger partial charge in [-0.05, 0) is 37.6 Å². The summed E-state index contributed by atoms with van der Waals surface area (Å²) in [6, 6.07) is 9.59. The summed E-state index contributed by atoms with van der Waals surface area (Å²) in [5.74, 6) is 0. The van der Waals surface area contributed by atoms with Gasteiger partial charge in [0.1, 0.15) is 5.65 Å². The van der Waals surface area contributed by atoms with E-state index in [-0.39, 0.29) is 10.4 Å². The molecule has 25 heavy (non-hydrogen) atoms. The van der Waals surface area contributed by atoms with Crippen molar-refractivity contribution >= 4 is 32.5 Å². The molecule has 1 atom stereocenters. The summed E-state index contributed by atoms with van der Waals surface area (Å²) in [4.78, 5) is 17.5. The van der Waals surface area contributed by atoms with Crippen molar-refractivity contribution < 1.29 is 0 Å². The van der Waals surface area contributed by atoms with E-state index in [2.05, 4.69) is 27.1 Å². The van der Waals surface area contributed by atoms with Crippen LogP contribution in [-0.4, -0.2) is 19.2 Å². The molecular weight excluding hydrogens is 380 g/mol. The summed E-state index contributed by atoms with van der Waals surface area (Å²) < 4.78 is 3.40. The molecule has 0 bridgehead atoms. The molecular formula is C19H17BrN4O. The fourth-order valence-corrected chi connectivity index (χ4v) is 3.46. The lowest BCUT2D eigenvalue weighted by Crippen LogP contribution is -2.16. The molecule has 1 aromatic carbocycles. The molecule has 0 amide bonds. The molecule has 3 heterocycles. The van der Waals surface area contributed by atoms with Gasteiger partial charge < -0.3 is 0 Å². The Bertz CT molecular complexity index is 1170. The fraction of sp³-hybridized carbons (Fsp3) is 0.211. The van der Waals surface area contributed by atoms with Crippen LogP contribution in [0.15, 0.2) is 47.5 Å². The minimum Gasteiger partial charge on any atom is -0.275 e. The monoisotopic (exact) mass is 396 g/mol. The summed E-state index contributed by atoms with van der Waals surface area (Å²) in [5, 5.41) is 5.41. The third kappa shape index (κ3) is 2.76. The van der Waals surface area contributed by atoms with E-state index < -0.39 is 0 Å². The van der Waals surface area contributed by atoms with Crippen molar-refractivity contribution in [2.45, 2.75) is 18.7 Å².